The number of piperazine rings is 1. The number of nitrogens with zero attached hydrogens (tertiary/aromatic N) is 2. The van der Waals surface area contributed by atoms with E-state index in [2.05, 4.69) is 5.32 Å². The Kier molecular flexibility index (Phi) is 6.42. The van der Waals surface area contributed by atoms with E-state index in [0.717, 1.165) is 11.1 Å². The first kappa shape index (κ1) is 21.8. The van der Waals surface area contributed by atoms with Gasteiger partial charge in [-0.1, -0.05) is 24.3 Å². The molecule has 0 radical (unpaired) electrons. The minimum Gasteiger partial charge on any atom is -0.507 e. The average molecular weight is 432 g/mol. The number of aryl methyl sites for hydroxylation is 2. The van der Waals surface area contributed by atoms with Gasteiger partial charge in [0.05, 0.1) is 6.54 Å². The molecule has 0 aromatic heterocycles. The van der Waals surface area contributed by atoms with Crippen molar-refractivity contribution in [3.63, 3.8) is 0 Å². The Labute approximate surface area is 176 Å². The van der Waals surface area contributed by atoms with Crippen LogP contribution in [0.4, 0.5) is 0 Å². The van der Waals surface area contributed by atoms with E-state index in [1.54, 1.807) is 25.1 Å². The lowest BCUT2D eigenvalue weighted by atomic mass is 10.1. The Morgan fingerprint density at radius 3 is 2.37 bits per heavy atom. The Morgan fingerprint density at radius 2 is 1.70 bits per heavy atom. The number of carbonyl (C=O) groups is 2. The van der Waals surface area contributed by atoms with E-state index in [4.69, 9.17) is 0 Å². The zero-order chi connectivity index (χ0) is 21.9. The molecule has 0 unspecified atom stereocenters. The summed E-state index contributed by atoms with van der Waals surface area (Å²) in [7, 11) is -3.86. The van der Waals surface area contributed by atoms with Gasteiger partial charge in [-0.3, -0.25) is 9.59 Å². The Morgan fingerprint density at radius 1 is 1.03 bits per heavy atom. The highest BCUT2D eigenvalue weighted by atomic mass is 32.2. The average Bonchev–Trinajstić information content (AvgIpc) is 2.73. The largest absolute Gasteiger partial charge is 0.507 e. The number of benzene rings is 2. The van der Waals surface area contributed by atoms with Gasteiger partial charge in [0, 0.05) is 31.7 Å². The van der Waals surface area contributed by atoms with Gasteiger partial charge in [-0.15, -0.1) is 0 Å². The predicted octanol–water partition coefficient (Wildman–Crippen LogP) is 1.27. The zero-order valence-corrected chi connectivity index (χ0v) is 17.8. The summed E-state index contributed by atoms with van der Waals surface area (Å²) in [4.78, 5) is 26.1. The van der Waals surface area contributed by atoms with Gasteiger partial charge in [-0.25, -0.2) is 8.42 Å². The molecule has 1 aliphatic rings. The molecule has 0 aliphatic carbocycles. The van der Waals surface area contributed by atoms with Crippen LogP contribution in [0.2, 0.25) is 0 Å². The van der Waals surface area contributed by atoms with Gasteiger partial charge in [0.2, 0.25) is 15.9 Å². The summed E-state index contributed by atoms with van der Waals surface area (Å²) in [6, 6.07) is 11.5. The number of sulfonamides is 1. The quantitative estimate of drug-likeness (QED) is 0.742. The standard InChI is InChI=1S/C21H25N3O5S/c1-15-7-8-18(25)19(13-15)30(28,29)24-11-9-23(10-12-24)20(26)14-22-21(27)17-6-4-3-5-16(17)2/h3-8,13,25H,9-12,14H2,1-2H3,(H,22,27). The number of rotatable bonds is 5. The molecule has 0 saturated carbocycles. The number of hydrogen-bond donors (Lipinski definition) is 2. The molecular formula is C21H25N3O5S. The maximum absolute atomic E-state index is 12.8. The van der Waals surface area contributed by atoms with Gasteiger partial charge in [-0.2, -0.15) is 4.31 Å². The monoisotopic (exact) mass is 431 g/mol. The number of phenols is 1. The smallest absolute Gasteiger partial charge is 0.251 e. The second-order valence-electron chi connectivity index (χ2n) is 7.25. The molecule has 1 saturated heterocycles. The fourth-order valence-corrected chi connectivity index (χ4v) is 4.92. The van der Waals surface area contributed by atoms with Crippen LogP contribution in [0.5, 0.6) is 5.75 Å². The summed E-state index contributed by atoms with van der Waals surface area (Å²) >= 11 is 0. The predicted molar refractivity (Wildman–Crippen MR) is 112 cm³/mol. The van der Waals surface area contributed by atoms with E-state index >= 15 is 0 Å². The van der Waals surface area contributed by atoms with Crippen LogP contribution in [0.15, 0.2) is 47.4 Å². The van der Waals surface area contributed by atoms with E-state index < -0.39 is 10.0 Å². The van der Waals surface area contributed by atoms with E-state index in [1.807, 2.05) is 19.1 Å². The van der Waals surface area contributed by atoms with Gasteiger partial charge < -0.3 is 15.3 Å². The molecule has 1 aliphatic heterocycles. The van der Waals surface area contributed by atoms with Crippen LogP contribution in [0.3, 0.4) is 0 Å². The highest BCUT2D eigenvalue weighted by Gasteiger charge is 2.32. The normalized spacial score (nSPS) is 15.1. The summed E-state index contributed by atoms with van der Waals surface area (Å²) in [5.41, 5.74) is 2.06. The highest BCUT2D eigenvalue weighted by Crippen LogP contribution is 2.27. The molecule has 8 nitrogen and oxygen atoms in total. The molecule has 0 spiro atoms. The van der Waals surface area contributed by atoms with Crippen LogP contribution in [-0.4, -0.2) is 67.3 Å². The topological polar surface area (TPSA) is 107 Å². The van der Waals surface area contributed by atoms with Gasteiger partial charge in [0.25, 0.3) is 5.91 Å². The molecule has 160 valence electrons. The van der Waals surface area contributed by atoms with E-state index in [1.165, 1.54) is 21.3 Å². The van der Waals surface area contributed by atoms with Crippen molar-refractivity contribution in [2.24, 2.45) is 0 Å². The van der Waals surface area contributed by atoms with Crippen LogP contribution < -0.4 is 5.32 Å². The number of nitrogens with one attached hydrogen (secondary N) is 1. The molecule has 30 heavy (non-hydrogen) atoms. The third kappa shape index (κ3) is 4.63. The fraction of sp³-hybridized carbons (Fsp3) is 0.333. The molecule has 0 bridgehead atoms. The molecule has 1 heterocycles. The van der Waals surface area contributed by atoms with Crippen LogP contribution in [0.25, 0.3) is 0 Å². The minimum absolute atomic E-state index is 0.118. The number of amides is 2. The van der Waals surface area contributed by atoms with E-state index in [9.17, 15) is 23.1 Å². The van der Waals surface area contributed by atoms with Crippen LogP contribution in [0, 0.1) is 13.8 Å². The summed E-state index contributed by atoms with van der Waals surface area (Å²) in [5, 5.41) is 12.6. The molecular weight excluding hydrogens is 406 g/mol. The first-order valence-electron chi connectivity index (χ1n) is 9.61. The highest BCUT2D eigenvalue weighted by molar-refractivity contribution is 7.89. The Balaban J connectivity index is 1.57. The molecule has 2 amide bonds. The second kappa shape index (κ2) is 8.85. The van der Waals surface area contributed by atoms with Crippen molar-refractivity contribution in [3.8, 4) is 5.75 Å². The zero-order valence-electron chi connectivity index (χ0n) is 17.0. The number of carbonyl (C=O) groups excluding carboxylic acids is 2. The van der Waals surface area contributed by atoms with Gasteiger partial charge in [-0.05, 0) is 43.2 Å². The number of phenolic OH excluding ortho intramolecular Hbond substituents is 1. The SMILES string of the molecule is Cc1ccc(O)c(S(=O)(=O)N2CCN(C(=O)CNC(=O)c3ccccc3C)CC2)c1. The second-order valence-corrected chi connectivity index (χ2v) is 9.16. The van der Waals surface area contributed by atoms with Crippen molar-refractivity contribution in [2.75, 3.05) is 32.7 Å². The third-order valence-corrected chi connectivity index (χ3v) is 7.04. The van der Waals surface area contributed by atoms with Crippen molar-refractivity contribution in [2.45, 2.75) is 18.7 Å². The van der Waals surface area contributed by atoms with Crippen LogP contribution in [-0.2, 0) is 14.8 Å². The molecule has 1 fully saturated rings. The van der Waals surface area contributed by atoms with Crippen molar-refractivity contribution < 1.29 is 23.1 Å². The Bertz CT molecular complexity index is 1060. The fourth-order valence-electron chi connectivity index (χ4n) is 3.34. The summed E-state index contributed by atoms with van der Waals surface area (Å²) in [5.74, 6) is -0.886. The molecule has 2 aromatic rings. The van der Waals surface area contributed by atoms with E-state index in [-0.39, 0.29) is 55.2 Å². The van der Waals surface area contributed by atoms with Crippen molar-refractivity contribution in [3.05, 3.63) is 59.2 Å². The lowest BCUT2D eigenvalue weighted by Crippen LogP contribution is -2.52. The Hall–Kier alpha value is -2.91. The summed E-state index contributed by atoms with van der Waals surface area (Å²) < 4.78 is 27.0. The van der Waals surface area contributed by atoms with Gasteiger partial charge in [0.15, 0.2) is 0 Å². The molecule has 0 atom stereocenters. The molecule has 9 heteroatoms. The lowest BCUT2D eigenvalue weighted by Gasteiger charge is -2.34. The molecule has 2 N–H and O–H groups in total. The van der Waals surface area contributed by atoms with E-state index in [0.29, 0.717) is 5.56 Å². The number of hydrogen-bond acceptors (Lipinski definition) is 5. The van der Waals surface area contributed by atoms with Gasteiger partial charge >= 0.3 is 0 Å². The minimum atomic E-state index is -3.86. The van der Waals surface area contributed by atoms with Crippen molar-refractivity contribution in [1.29, 1.82) is 0 Å². The third-order valence-electron chi connectivity index (χ3n) is 5.11. The van der Waals surface area contributed by atoms with Gasteiger partial charge in [0.1, 0.15) is 10.6 Å². The lowest BCUT2D eigenvalue weighted by molar-refractivity contribution is -0.131. The molecule has 2 aromatic carbocycles. The van der Waals surface area contributed by atoms with Crippen LogP contribution in [0.1, 0.15) is 21.5 Å². The molecule has 3 rings (SSSR count). The summed E-state index contributed by atoms with van der Waals surface area (Å²) in [6.07, 6.45) is 0. The number of aromatic hydroxyl groups is 1. The van der Waals surface area contributed by atoms with Crippen molar-refractivity contribution in [1.82, 2.24) is 14.5 Å². The maximum Gasteiger partial charge on any atom is 0.251 e. The summed E-state index contributed by atoms with van der Waals surface area (Å²) in [6.45, 7) is 4.08. The van der Waals surface area contributed by atoms with Crippen molar-refractivity contribution >= 4 is 21.8 Å². The first-order chi connectivity index (χ1) is 14.2. The first-order valence-corrected chi connectivity index (χ1v) is 11.1. The maximum atomic E-state index is 12.8. The van der Waals surface area contributed by atoms with Crippen LogP contribution >= 0.6 is 0 Å².